The van der Waals surface area contributed by atoms with Crippen LogP contribution in [0, 0.1) is 17.0 Å². The molecule has 5 nitrogen and oxygen atoms in total. The summed E-state index contributed by atoms with van der Waals surface area (Å²) in [6, 6.07) is 17.4. The maximum atomic E-state index is 8.36. The van der Waals surface area contributed by atoms with Crippen molar-refractivity contribution in [3.63, 3.8) is 0 Å². The monoisotopic (exact) mass is 350 g/mol. The number of hydrogen-bond acceptors (Lipinski definition) is 3. The van der Waals surface area contributed by atoms with Crippen molar-refractivity contribution in [3.05, 3.63) is 64.2 Å². The maximum Gasteiger partial charge on any atom is 0.291 e. The maximum absolute atomic E-state index is 8.36. The van der Waals surface area contributed by atoms with Crippen molar-refractivity contribution in [3.8, 4) is 0 Å². The summed E-state index contributed by atoms with van der Waals surface area (Å²) in [6.45, 7) is 4.41. The second-order valence-corrected chi connectivity index (χ2v) is 9.70. The number of aryl methyl sites for hydroxylation is 1. The van der Waals surface area contributed by atoms with E-state index in [0.717, 1.165) is 5.69 Å². The van der Waals surface area contributed by atoms with Crippen LogP contribution >= 0.6 is 0 Å². The SMILES string of the molecule is CC[As](c1ccc(C)cc1)c1cccc(N)c1.O=[N+]([O-])O. The summed E-state index contributed by atoms with van der Waals surface area (Å²) in [7, 11) is 0. The second-order valence-electron chi connectivity index (χ2n) is 4.41. The van der Waals surface area contributed by atoms with Crippen LogP contribution in [-0.2, 0) is 0 Å². The van der Waals surface area contributed by atoms with Gasteiger partial charge in [0.15, 0.2) is 0 Å². The zero-order valence-corrected chi connectivity index (χ0v) is 13.9. The minimum absolute atomic E-state index is 0.877. The Labute approximate surface area is 128 Å². The van der Waals surface area contributed by atoms with E-state index in [1.54, 1.807) is 0 Å². The van der Waals surface area contributed by atoms with Crippen LogP contribution in [0.2, 0.25) is 5.21 Å². The van der Waals surface area contributed by atoms with Crippen LogP contribution in [-0.4, -0.2) is 24.9 Å². The van der Waals surface area contributed by atoms with E-state index >= 15 is 0 Å². The summed E-state index contributed by atoms with van der Waals surface area (Å²) < 4.78 is 2.96. The molecule has 0 aliphatic heterocycles. The molecule has 0 heterocycles. The minimum atomic E-state index is -1.50. The molecule has 3 N–H and O–H groups in total. The Morgan fingerprint density at radius 1 is 1.19 bits per heavy atom. The van der Waals surface area contributed by atoms with Gasteiger partial charge in [0.05, 0.1) is 0 Å². The number of nitrogens with two attached hydrogens (primary N) is 1. The van der Waals surface area contributed by atoms with Crippen molar-refractivity contribution in [2.24, 2.45) is 0 Å². The molecule has 0 aliphatic carbocycles. The van der Waals surface area contributed by atoms with E-state index in [1.807, 2.05) is 6.07 Å². The van der Waals surface area contributed by atoms with Gasteiger partial charge in [0.25, 0.3) is 5.09 Å². The van der Waals surface area contributed by atoms with Gasteiger partial charge in [0.2, 0.25) is 0 Å². The van der Waals surface area contributed by atoms with Crippen LogP contribution in [0.15, 0.2) is 48.5 Å². The Kier molecular flexibility index (Phi) is 6.76. The van der Waals surface area contributed by atoms with Crippen LogP contribution in [0.5, 0.6) is 0 Å². The Bertz CT molecular complexity index is 584. The van der Waals surface area contributed by atoms with Crippen LogP contribution in [0.25, 0.3) is 0 Å². The van der Waals surface area contributed by atoms with Gasteiger partial charge in [0, 0.05) is 0 Å². The summed E-state index contributed by atoms with van der Waals surface area (Å²) in [6.07, 6.45) is 0. The quantitative estimate of drug-likeness (QED) is 0.383. The Hall–Kier alpha value is -2.00. The molecule has 2 aromatic rings. The molecule has 0 spiro atoms. The average molecular weight is 350 g/mol. The van der Waals surface area contributed by atoms with Crippen molar-refractivity contribution in [1.29, 1.82) is 0 Å². The van der Waals surface area contributed by atoms with E-state index in [0.29, 0.717) is 0 Å². The van der Waals surface area contributed by atoms with E-state index in [-0.39, 0.29) is 0 Å². The first kappa shape index (κ1) is 17.1. The fourth-order valence-electron chi connectivity index (χ4n) is 1.93. The van der Waals surface area contributed by atoms with E-state index in [1.165, 1.54) is 19.5 Å². The molecule has 6 heteroatoms. The minimum Gasteiger partial charge on any atom is -0.328 e. The van der Waals surface area contributed by atoms with E-state index in [4.69, 9.17) is 21.1 Å². The fraction of sp³-hybridized carbons (Fsp3) is 0.200. The van der Waals surface area contributed by atoms with Gasteiger partial charge < -0.3 is 5.21 Å². The smallest absolute Gasteiger partial charge is 0.291 e. The average Bonchev–Trinajstić information content (AvgIpc) is 2.41. The van der Waals surface area contributed by atoms with Crippen molar-refractivity contribution in [1.82, 2.24) is 0 Å². The largest absolute Gasteiger partial charge is 0.328 e. The third-order valence-corrected chi connectivity index (χ3v) is 8.00. The van der Waals surface area contributed by atoms with Crippen molar-refractivity contribution in [2.75, 3.05) is 5.73 Å². The van der Waals surface area contributed by atoms with Crippen LogP contribution in [0.3, 0.4) is 0 Å². The zero-order chi connectivity index (χ0) is 15.8. The van der Waals surface area contributed by atoms with Crippen molar-refractivity contribution < 1.29 is 10.3 Å². The van der Waals surface area contributed by atoms with E-state index in [2.05, 4.69) is 56.3 Å². The number of nitrogens with zero attached hydrogens (tertiary/aromatic N) is 1. The summed E-state index contributed by atoms with van der Waals surface area (Å²) in [5.74, 6) is 0. The third-order valence-electron chi connectivity index (χ3n) is 2.84. The first-order valence-electron chi connectivity index (χ1n) is 6.47. The summed E-state index contributed by atoms with van der Waals surface area (Å²) in [5.41, 5.74) is 8.08. The fourth-order valence-corrected chi connectivity index (χ4v) is 6.36. The van der Waals surface area contributed by atoms with Gasteiger partial charge in [-0.25, -0.2) is 0 Å². The summed E-state index contributed by atoms with van der Waals surface area (Å²) >= 11 is -1.13. The molecule has 0 bridgehead atoms. The van der Waals surface area contributed by atoms with Gasteiger partial charge in [-0.1, -0.05) is 0 Å². The number of nitrogen functional groups attached to an aromatic ring is 1. The molecule has 21 heavy (non-hydrogen) atoms. The molecule has 0 aliphatic rings. The second kappa shape index (κ2) is 8.32. The van der Waals surface area contributed by atoms with Crippen molar-refractivity contribution >= 4 is 29.0 Å². The van der Waals surface area contributed by atoms with Crippen LogP contribution in [0.1, 0.15) is 12.5 Å². The van der Waals surface area contributed by atoms with Gasteiger partial charge >= 0.3 is 108 Å². The molecule has 0 saturated carbocycles. The molecular formula is C15H19AsN2O3. The molecule has 1 atom stereocenters. The van der Waals surface area contributed by atoms with Crippen LogP contribution < -0.4 is 14.4 Å². The topological polar surface area (TPSA) is 89.4 Å². The van der Waals surface area contributed by atoms with Crippen LogP contribution in [0.4, 0.5) is 5.69 Å². The molecule has 0 amide bonds. The molecule has 112 valence electrons. The molecule has 2 aromatic carbocycles. The van der Waals surface area contributed by atoms with Gasteiger partial charge in [0.1, 0.15) is 0 Å². The molecular weight excluding hydrogens is 331 g/mol. The Balaban J connectivity index is 0.000000491. The van der Waals surface area contributed by atoms with Gasteiger partial charge in [-0.05, 0) is 0 Å². The van der Waals surface area contributed by atoms with E-state index < -0.39 is 19.7 Å². The normalized spacial score (nSPS) is 11.1. The standard InChI is InChI=1S/C15H18AsN.HNO3/c1-3-16(13-9-7-12(2)8-10-13)14-5-4-6-15(17)11-14;2-1(3)4/h4-11H,3,17H2,1-2H3;(H,2,3,4). The summed E-state index contributed by atoms with van der Waals surface area (Å²) in [4.78, 5) is 8.36. The zero-order valence-electron chi connectivity index (χ0n) is 12.1. The molecule has 0 radical (unpaired) electrons. The molecule has 0 aromatic heterocycles. The van der Waals surface area contributed by atoms with Gasteiger partial charge in [-0.15, -0.1) is 10.1 Å². The first-order chi connectivity index (χ1) is 9.93. The molecule has 0 saturated heterocycles. The van der Waals surface area contributed by atoms with Gasteiger partial charge in [-0.3, -0.25) is 0 Å². The number of hydrogen-bond donors (Lipinski definition) is 2. The van der Waals surface area contributed by atoms with Gasteiger partial charge in [-0.2, -0.15) is 0 Å². The third kappa shape index (κ3) is 5.88. The number of anilines is 1. The predicted octanol–water partition coefficient (Wildman–Crippen LogP) is 1.86. The predicted molar refractivity (Wildman–Crippen MR) is 86.3 cm³/mol. The van der Waals surface area contributed by atoms with Crippen molar-refractivity contribution in [2.45, 2.75) is 19.1 Å². The molecule has 1 unspecified atom stereocenters. The summed E-state index contributed by atoms with van der Waals surface area (Å²) in [5, 5.41) is 14.9. The van der Waals surface area contributed by atoms with E-state index in [9.17, 15) is 0 Å². The number of rotatable bonds is 3. The Morgan fingerprint density at radius 2 is 1.76 bits per heavy atom. The Morgan fingerprint density at radius 3 is 2.24 bits per heavy atom. The first-order valence-corrected chi connectivity index (χ1v) is 9.67. The number of benzene rings is 2. The molecule has 0 fully saturated rings. The molecule has 2 rings (SSSR count).